The van der Waals surface area contributed by atoms with Crippen LogP contribution in [0.5, 0.6) is 0 Å². The lowest BCUT2D eigenvalue weighted by Gasteiger charge is -2.32. The van der Waals surface area contributed by atoms with Crippen LogP contribution in [0.2, 0.25) is 0 Å². The van der Waals surface area contributed by atoms with E-state index in [1.165, 1.54) is 12.8 Å². The predicted molar refractivity (Wildman–Crippen MR) is 123 cm³/mol. The Morgan fingerprint density at radius 3 is 2.65 bits per heavy atom. The van der Waals surface area contributed by atoms with Crippen molar-refractivity contribution in [1.82, 2.24) is 15.2 Å². The third-order valence-corrected chi connectivity index (χ3v) is 6.08. The Balaban J connectivity index is 1.52. The number of amides is 2. The van der Waals surface area contributed by atoms with E-state index in [0.29, 0.717) is 23.8 Å². The second-order valence-electron chi connectivity index (χ2n) is 8.17. The summed E-state index contributed by atoms with van der Waals surface area (Å²) in [5, 5.41) is 7.81. The summed E-state index contributed by atoms with van der Waals surface area (Å²) in [6.45, 7) is 3.65. The molecule has 1 aliphatic heterocycles. The lowest BCUT2D eigenvalue weighted by Crippen LogP contribution is -2.44. The van der Waals surface area contributed by atoms with Gasteiger partial charge in [-0.05, 0) is 67.9 Å². The fourth-order valence-corrected chi connectivity index (χ4v) is 4.22. The number of rotatable bonds is 5. The van der Waals surface area contributed by atoms with Gasteiger partial charge in [-0.3, -0.25) is 9.59 Å². The first-order valence-corrected chi connectivity index (χ1v) is 10.8. The number of piperidine rings is 1. The van der Waals surface area contributed by atoms with Gasteiger partial charge in [0.2, 0.25) is 0 Å². The van der Waals surface area contributed by atoms with Crippen molar-refractivity contribution in [3.05, 3.63) is 71.5 Å². The molecule has 3 aromatic rings. The molecule has 0 saturated carbocycles. The van der Waals surface area contributed by atoms with Crippen LogP contribution in [0.1, 0.15) is 45.7 Å². The Morgan fingerprint density at radius 2 is 1.84 bits per heavy atom. The molecule has 0 bridgehead atoms. The van der Waals surface area contributed by atoms with Crippen molar-refractivity contribution >= 4 is 28.3 Å². The summed E-state index contributed by atoms with van der Waals surface area (Å²) in [5.41, 5.74) is 2.32. The Morgan fingerprint density at radius 1 is 1.03 bits per heavy atom. The molecule has 2 aromatic carbocycles. The molecule has 0 spiro atoms. The smallest absolute Gasteiger partial charge is 0.272 e. The average molecular weight is 417 g/mol. The van der Waals surface area contributed by atoms with Gasteiger partial charge < -0.3 is 15.5 Å². The third kappa shape index (κ3) is 4.59. The van der Waals surface area contributed by atoms with Crippen molar-refractivity contribution in [2.75, 3.05) is 25.5 Å². The number of likely N-dealkylation sites (N-methyl/N-ethyl adjacent to an activating group) is 1. The van der Waals surface area contributed by atoms with E-state index in [1.54, 1.807) is 18.3 Å². The van der Waals surface area contributed by atoms with Crippen LogP contribution >= 0.6 is 0 Å². The van der Waals surface area contributed by atoms with Gasteiger partial charge in [0.15, 0.2) is 5.69 Å². The molecular formula is C25H28N4O2. The van der Waals surface area contributed by atoms with Crippen molar-refractivity contribution in [1.29, 1.82) is 0 Å². The molecule has 2 amide bonds. The number of likely N-dealkylation sites (tertiary alicyclic amines) is 1. The monoisotopic (exact) mass is 416 g/mol. The highest BCUT2D eigenvalue weighted by atomic mass is 16.2. The van der Waals surface area contributed by atoms with E-state index in [0.717, 1.165) is 29.3 Å². The summed E-state index contributed by atoms with van der Waals surface area (Å²) in [6, 6.07) is 15.3. The normalized spacial score (nSPS) is 16.8. The number of hydrogen-bond donors (Lipinski definition) is 2. The van der Waals surface area contributed by atoms with E-state index in [-0.39, 0.29) is 17.5 Å². The molecule has 6 heteroatoms. The SMILES string of the molecule is Cc1ccc(C(=O)Nc2cccnc2C(=O)NCC2CCCCN2C)c2ccccc12. The van der Waals surface area contributed by atoms with E-state index in [4.69, 9.17) is 0 Å². The molecule has 1 atom stereocenters. The van der Waals surface area contributed by atoms with E-state index < -0.39 is 0 Å². The van der Waals surface area contributed by atoms with E-state index in [1.807, 2.05) is 43.3 Å². The van der Waals surface area contributed by atoms with Crippen LogP contribution in [0, 0.1) is 6.92 Å². The number of anilines is 1. The van der Waals surface area contributed by atoms with E-state index in [2.05, 4.69) is 27.6 Å². The minimum Gasteiger partial charge on any atom is -0.349 e. The molecule has 1 saturated heterocycles. The minimum atomic E-state index is -0.274. The largest absolute Gasteiger partial charge is 0.349 e. The van der Waals surface area contributed by atoms with Gasteiger partial charge >= 0.3 is 0 Å². The maximum absolute atomic E-state index is 13.1. The third-order valence-electron chi connectivity index (χ3n) is 6.08. The topological polar surface area (TPSA) is 74.3 Å². The Hall–Kier alpha value is -3.25. The fraction of sp³-hybridized carbons (Fsp3) is 0.320. The fourth-order valence-electron chi connectivity index (χ4n) is 4.22. The second-order valence-corrected chi connectivity index (χ2v) is 8.17. The van der Waals surface area contributed by atoms with Gasteiger partial charge in [-0.25, -0.2) is 4.98 Å². The predicted octanol–water partition coefficient (Wildman–Crippen LogP) is 4.01. The molecule has 0 aliphatic carbocycles. The zero-order valence-electron chi connectivity index (χ0n) is 18.0. The molecular weight excluding hydrogens is 388 g/mol. The highest BCUT2D eigenvalue weighted by Crippen LogP contribution is 2.24. The average Bonchev–Trinajstić information content (AvgIpc) is 2.79. The van der Waals surface area contributed by atoms with Crippen LogP contribution in [0.15, 0.2) is 54.7 Å². The van der Waals surface area contributed by atoms with Crippen molar-refractivity contribution in [3.63, 3.8) is 0 Å². The van der Waals surface area contributed by atoms with Crippen LogP contribution in [0.4, 0.5) is 5.69 Å². The van der Waals surface area contributed by atoms with Gasteiger partial charge in [-0.15, -0.1) is 0 Å². The van der Waals surface area contributed by atoms with Crippen molar-refractivity contribution in [3.8, 4) is 0 Å². The minimum absolute atomic E-state index is 0.228. The van der Waals surface area contributed by atoms with Crippen LogP contribution in [0.3, 0.4) is 0 Å². The standard InChI is InChI=1S/C25H28N4O2/c1-17-12-13-21(20-10-4-3-9-19(17)20)24(30)28-22-11-7-14-26-23(22)25(31)27-16-18-8-5-6-15-29(18)2/h3-4,7,9-14,18H,5-6,8,15-16H2,1-2H3,(H,27,31)(H,28,30). The summed E-state index contributed by atoms with van der Waals surface area (Å²) >= 11 is 0. The molecule has 4 rings (SSSR count). The number of nitrogens with zero attached hydrogens (tertiary/aromatic N) is 2. The molecule has 1 fully saturated rings. The van der Waals surface area contributed by atoms with E-state index in [9.17, 15) is 9.59 Å². The second kappa shape index (κ2) is 9.27. The number of hydrogen-bond acceptors (Lipinski definition) is 4. The van der Waals surface area contributed by atoms with Gasteiger partial charge in [0, 0.05) is 24.3 Å². The number of carbonyl (C=O) groups is 2. The van der Waals surface area contributed by atoms with Crippen molar-refractivity contribution in [2.24, 2.45) is 0 Å². The Bertz CT molecular complexity index is 1110. The first-order chi connectivity index (χ1) is 15.0. The molecule has 1 aromatic heterocycles. The van der Waals surface area contributed by atoms with Crippen LogP contribution in [0.25, 0.3) is 10.8 Å². The van der Waals surface area contributed by atoms with Crippen molar-refractivity contribution in [2.45, 2.75) is 32.2 Å². The first-order valence-electron chi connectivity index (χ1n) is 10.8. The zero-order valence-corrected chi connectivity index (χ0v) is 18.0. The van der Waals surface area contributed by atoms with Crippen LogP contribution in [-0.2, 0) is 0 Å². The lowest BCUT2D eigenvalue weighted by molar-refractivity contribution is 0.0924. The summed E-state index contributed by atoms with van der Waals surface area (Å²) in [5.74, 6) is -0.533. The number of carbonyl (C=O) groups excluding carboxylic acids is 2. The summed E-state index contributed by atoms with van der Waals surface area (Å²) in [4.78, 5) is 32.5. The van der Waals surface area contributed by atoms with Gasteiger partial charge in [-0.1, -0.05) is 36.8 Å². The zero-order chi connectivity index (χ0) is 21.8. The summed E-state index contributed by atoms with van der Waals surface area (Å²) in [6.07, 6.45) is 5.02. The molecule has 6 nitrogen and oxygen atoms in total. The van der Waals surface area contributed by atoms with Gasteiger partial charge in [0.05, 0.1) is 5.69 Å². The van der Waals surface area contributed by atoms with Crippen LogP contribution in [-0.4, -0.2) is 47.9 Å². The van der Waals surface area contributed by atoms with Gasteiger partial charge in [-0.2, -0.15) is 0 Å². The molecule has 0 radical (unpaired) electrons. The quantitative estimate of drug-likeness (QED) is 0.659. The maximum Gasteiger partial charge on any atom is 0.272 e. The number of fused-ring (bicyclic) bond motifs is 1. The lowest BCUT2D eigenvalue weighted by atomic mass is 10.00. The molecule has 1 aliphatic rings. The van der Waals surface area contributed by atoms with Gasteiger partial charge in [0.1, 0.15) is 0 Å². The molecule has 31 heavy (non-hydrogen) atoms. The summed E-state index contributed by atoms with van der Waals surface area (Å²) in [7, 11) is 2.09. The van der Waals surface area contributed by atoms with Crippen molar-refractivity contribution < 1.29 is 9.59 Å². The number of nitrogens with one attached hydrogen (secondary N) is 2. The number of pyridine rings is 1. The Kier molecular flexibility index (Phi) is 6.28. The Labute approximate surface area is 182 Å². The molecule has 2 N–H and O–H groups in total. The van der Waals surface area contributed by atoms with E-state index >= 15 is 0 Å². The number of aryl methyl sites for hydroxylation is 1. The first kappa shape index (κ1) is 21.0. The number of aromatic nitrogens is 1. The molecule has 2 heterocycles. The number of benzene rings is 2. The van der Waals surface area contributed by atoms with Gasteiger partial charge in [0.25, 0.3) is 11.8 Å². The summed E-state index contributed by atoms with van der Waals surface area (Å²) < 4.78 is 0. The maximum atomic E-state index is 13.1. The highest BCUT2D eigenvalue weighted by Gasteiger charge is 2.21. The molecule has 1 unspecified atom stereocenters. The molecule has 160 valence electrons. The highest BCUT2D eigenvalue weighted by molar-refractivity contribution is 6.15. The van der Waals surface area contributed by atoms with Crippen LogP contribution < -0.4 is 10.6 Å².